The van der Waals surface area contributed by atoms with E-state index < -0.39 is 0 Å². The predicted octanol–water partition coefficient (Wildman–Crippen LogP) is 4.52. The van der Waals surface area contributed by atoms with Gasteiger partial charge in [0.15, 0.2) is 0 Å². The topological polar surface area (TPSA) is 12.0 Å². The molecule has 0 radical (unpaired) electrons. The predicted molar refractivity (Wildman–Crippen MR) is 72.8 cm³/mol. The normalized spacial score (nSPS) is 19.9. The molecule has 0 heterocycles. The molecule has 1 aliphatic carbocycles. The first-order chi connectivity index (χ1) is 7.86. The molecule has 96 valence electrons. The Labute approximate surface area is 102 Å². The third-order valence-corrected chi connectivity index (χ3v) is 3.97. The second kappa shape index (κ2) is 9.04. The molecule has 1 aliphatic rings. The summed E-state index contributed by atoms with van der Waals surface area (Å²) in [6.45, 7) is 5.77. The zero-order chi connectivity index (χ0) is 11.6. The van der Waals surface area contributed by atoms with Gasteiger partial charge in [0.1, 0.15) is 0 Å². The molecule has 0 aromatic carbocycles. The maximum atomic E-state index is 3.71. The van der Waals surface area contributed by atoms with Gasteiger partial charge in [-0.1, -0.05) is 52.4 Å². The number of nitrogens with one attached hydrogen (secondary N) is 1. The van der Waals surface area contributed by atoms with Crippen molar-refractivity contribution >= 4 is 0 Å². The SMILES string of the molecule is CCCNC(CCC)CCC1CCCCC1. The Hall–Kier alpha value is -0.0400. The molecule has 0 aliphatic heterocycles. The molecule has 1 saturated carbocycles. The molecule has 1 unspecified atom stereocenters. The molecular weight excluding hydrogens is 194 g/mol. The van der Waals surface area contributed by atoms with Gasteiger partial charge in [-0.15, -0.1) is 0 Å². The molecule has 0 amide bonds. The maximum Gasteiger partial charge on any atom is 0.00670 e. The van der Waals surface area contributed by atoms with Crippen LogP contribution in [0.2, 0.25) is 0 Å². The Morgan fingerprint density at radius 1 is 1.00 bits per heavy atom. The molecular formula is C15H31N. The number of hydrogen-bond acceptors (Lipinski definition) is 1. The van der Waals surface area contributed by atoms with Gasteiger partial charge >= 0.3 is 0 Å². The highest BCUT2D eigenvalue weighted by Crippen LogP contribution is 2.28. The average Bonchev–Trinajstić information content (AvgIpc) is 2.34. The largest absolute Gasteiger partial charge is 0.314 e. The molecule has 1 N–H and O–H groups in total. The first-order valence-corrected chi connectivity index (χ1v) is 7.60. The fraction of sp³-hybridized carbons (Fsp3) is 1.00. The molecule has 1 atom stereocenters. The van der Waals surface area contributed by atoms with Crippen molar-refractivity contribution in [3.8, 4) is 0 Å². The van der Waals surface area contributed by atoms with Crippen molar-refractivity contribution < 1.29 is 0 Å². The van der Waals surface area contributed by atoms with E-state index in [1.165, 1.54) is 70.8 Å². The molecule has 0 aromatic rings. The first-order valence-electron chi connectivity index (χ1n) is 7.60. The molecule has 1 fully saturated rings. The van der Waals surface area contributed by atoms with Crippen LogP contribution in [0.3, 0.4) is 0 Å². The van der Waals surface area contributed by atoms with E-state index in [0.717, 1.165) is 12.0 Å². The lowest BCUT2D eigenvalue weighted by molar-refractivity contribution is 0.308. The second-order valence-electron chi connectivity index (χ2n) is 5.52. The van der Waals surface area contributed by atoms with Crippen molar-refractivity contribution in [2.24, 2.45) is 5.92 Å². The van der Waals surface area contributed by atoms with Gasteiger partial charge in [0, 0.05) is 6.04 Å². The van der Waals surface area contributed by atoms with Crippen molar-refractivity contribution in [2.75, 3.05) is 6.54 Å². The molecule has 1 nitrogen and oxygen atoms in total. The van der Waals surface area contributed by atoms with Gasteiger partial charge in [-0.2, -0.15) is 0 Å². The van der Waals surface area contributed by atoms with E-state index in [9.17, 15) is 0 Å². The smallest absolute Gasteiger partial charge is 0.00670 e. The quantitative estimate of drug-likeness (QED) is 0.640. The Balaban J connectivity index is 2.14. The van der Waals surface area contributed by atoms with Crippen LogP contribution in [-0.2, 0) is 0 Å². The summed E-state index contributed by atoms with van der Waals surface area (Å²) in [4.78, 5) is 0. The number of hydrogen-bond donors (Lipinski definition) is 1. The summed E-state index contributed by atoms with van der Waals surface area (Å²) < 4.78 is 0. The van der Waals surface area contributed by atoms with Crippen LogP contribution in [0.15, 0.2) is 0 Å². The average molecular weight is 225 g/mol. The molecule has 0 bridgehead atoms. The Kier molecular flexibility index (Phi) is 7.92. The van der Waals surface area contributed by atoms with Gasteiger partial charge in [0.05, 0.1) is 0 Å². The number of rotatable bonds is 8. The van der Waals surface area contributed by atoms with Crippen LogP contribution in [0.4, 0.5) is 0 Å². The molecule has 0 saturated heterocycles. The molecule has 1 rings (SSSR count). The van der Waals surface area contributed by atoms with Crippen molar-refractivity contribution in [3.63, 3.8) is 0 Å². The van der Waals surface area contributed by atoms with Crippen LogP contribution in [0.1, 0.15) is 78.1 Å². The van der Waals surface area contributed by atoms with Crippen LogP contribution in [0.25, 0.3) is 0 Å². The lowest BCUT2D eigenvalue weighted by Crippen LogP contribution is -2.30. The van der Waals surface area contributed by atoms with Crippen LogP contribution >= 0.6 is 0 Å². The minimum absolute atomic E-state index is 0.798. The monoisotopic (exact) mass is 225 g/mol. The van der Waals surface area contributed by atoms with Crippen LogP contribution in [-0.4, -0.2) is 12.6 Å². The van der Waals surface area contributed by atoms with Crippen molar-refractivity contribution in [1.82, 2.24) is 5.32 Å². The third-order valence-electron chi connectivity index (χ3n) is 3.97. The van der Waals surface area contributed by atoms with Gasteiger partial charge in [-0.05, 0) is 38.1 Å². The Morgan fingerprint density at radius 2 is 1.75 bits per heavy atom. The summed E-state index contributed by atoms with van der Waals surface area (Å²) >= 11 is 0. The minimum atomic E-state index is 0.798. The van der Waals surface area contributed by atoms with Gasteiger partial charge < -0.3 is 5.32 Å². The first kappa shape index (κ1) is 14.0. The Morgan fingerprint density at radius 3 is 2.38 bits per heavy atom. The molecule has 1 heteroatoms. The van der Waals surface area contributed by atoms with E-state index >= 15 is 0 Å². The van der Waals surface area contributed by atoms with E-state index in [1.807, 2.05) is 0 Å². The van der Waals surface area contributed by atoms with E-state index in [4.69, 9.17) is 0 Å². The van der Waals surface area contributed by atoms with Gasteiger partial charge in [0.2, 0.25) is 0 Å². The van der Waals surface area contributed by atoms with Crippen molar-refractivity contribution in [1.29, 1.82) is 0 Å². The van der Waals surface area contributed by atoms with Crippen molar-refractivity contribution in [3.05, 3.63) is 0 Å². The summed E-state index contributed by atoms with van der Waals surface area (Å²) in [5.41, 5.74) is 0. The highest BCUT2D eigenvalue weighted by molar-refractivity contribution is 4.71. The van der Waals surface area contributed by atoms with Gasteiger partial charge in [-0.25, -0.2) is 0 Å². The van der Waals surface area contributed by atoms with E-state index in [0.29, 0.717) is 0 Å². The summed E-state index contributed by atoms with van der Waals surface area (Å²) in [6.07, 6.45) is 14.3. The lowest BCUT2D eigenvalue weighted by Gasteiger charge is -2.24. The summed E-state index contributed by atoms with van der Waals surface area (Å²) in [5.74, 6) is 1.05. The summed E-state index contributed by atoms with van der Waals surface area (Å²) in [5, 5.41) is 3.71. The summed E-state index contributed by atoms with van der Waals surface area (Å²) in [6, 6.07) is 0.798. The van der Waals surface area contributed by atoms with Crippen LogP contribution in [0, 0.1) is 5.92 Å². The van der Waals surface area contributed by atoms with Gasteiger partial charge in [-0.3, -0.25) is 0 Å². The van der Waals surface area contributed by atoms with E-state index in [1.54, 1.807) is 0 Å². The fourth-order valence-corrected chi connectivity index (χ4v) is 2.96. The highest BCUT2D eigenvalue weighted by Gasteiger charge is 2.15. The second-order valence-corrected chi connectivity index (χ2v) is 5.52. The Bertz CT molecular complexity index is 150. The maximum absolute atomic E-state index is 3.71. The molecule has 0 spiro atoms. The lowest BCUT2D eigenvalue weighted by atomic mass is 9.85. The fourth-order valence-electron chi connectivity index (χ4n) is 2.96. The molecule has 16 heavy (non-hydrogen) atoms. The zero-order valence-electron chi connectivity index (χ0n) is 11.4. The van der Waals surface area contributed by atoms with Gasteiger partial charge in [0.25, 0.3) is 0 Å². The third kappa shape index (κ3) is 5.89. The van der Waals surface area contributed by atoms with Crippen LogP contribution in [0.5, 0.6) is 0 Å². The van der Waals surface area contributed by atoms with Crippen LogP contribution < -0.4 is 5.32 Å². The highest BCUT2D eigenvalue weighted by atomic mass is 14.9. The standard InChI is InChI=1S/C15H31N/c1-3-8-15(16-13-4-2)12-11-14-9-6-5-7-10-14/h14-16H,3-13H2,1-2H3. The summed E-state index contributed by atoms with van der Waals surface area (Å²) in [7, 11) is 0. The molecule has 0 aromatic heterocycles. The van der Waals surface area contributed by atoms with E-state index in [2.05, 4.69) is 19.2 Å². The minimum Gasteiger partial charge on any atom is -0.314 e. The zero-order valence-corrected chi connectivity index (χ0v) is 11.4. The van der Waals surface area contributed by atoms with Crippen molar-refractivity contribution in [2.45, 2.75) is 84.1 Å². The van der Waals surface area contributed by atoms with E-state index in [-0.39, 0.29) is 0 Å².